The Morgan fingerprint density at radius 3 is 2.31 bits per heavy atom. The molecule has 212 valence electrons. The minimum absolute atomic E-state index is 0.0595. The molecule has 5 atom stereocenters. The minimum Gasteiger partial charge on any atom is -0.460 e. The van der Waals surface area contributed by atoms with Gasteiger partial charge in [-0.1, -0.05) is 83.0 Å². The van der Waals surface area contributed by atoms with Crippen molar-refractivity contribution in [2.75, 3.05) is 0 Å². The fourth-order valence-corrected chi connectivity index (χ4v) is 4.91. The van der Waals surface area contributed by atoms with E-state index in [-0.39, 0.29) is 30.6 Å². The molecule has 1 aliphatic heterocycles. The SMILES string of the molecule is CCCC[C@H](C)[C@H]1CC(=O)N[C@H](Cc2ccc3ccccc3c2)C(=O)N[C@@H](C)C(=O)N[C@H](CC(C)C)C(=O)O1. The van der Waals surface area contributed by atoms with Crippen molar-refractivity contribution in [2.45, 2.75) is 97.4 Å². The predicted octanol–water partition coefficient (Wildman–Crippen LogP) is 4.04. The largest absolute Gasteiger partial charge is 0.460 e. The number of benzene rings is 2. The average molecular weight is 538 g/mol. The summed E-state index contributed by atoms with van der Waals surface area (Å²) >= 11 is 0. The van der Waals surface area contributed by atoms with E-state index in [4.69, 9.17) is 4.74 Å². The Hall–Kier alpha value is -3.42. The molecule has 3 amide bonds. The lowest BCUT2D eigenvalue weighted by atomic mass is 9.94. The zero-order valence-electron chi connectivity index (χ0n) is 23.8. The average Bonchev–Trinajstić information content (AvgIpc) is 2.89. The van der Waals surface area contributed by atoms with Gasteiger partial charge in [0.1, 0.15) is 24.2 Å². The third-order valence-corrected chi connectivity index (χ3v) is 7.27. The molecule has 0 unspecified atom stereocenters. The lowest BCUT2D eigenvalue weighted by Crippen LogP contribution is -2.55. The van der Waals surface area contributed by atoms with Crippen LogP contribution in [0.15, 0.2) is 42.5 Å². The first-order valence-electron chi connectivity index (χ1n) is 14.2. The molecular formula is C31H43N3O5. The number of fused-ring (bicyclic) bond motifs is 1. The molecule has 0 spiro atoms. The molecule has 0 aliphatic carbocycles. The number of rotatable bonds is 8. The van der Waals surface area contributed by atoms with Crippen molar-refractivity contribution in [1.82, 2.24) is 16.0 Å². The van der Waals surface area contributed by atoms with E-state index < -0.39 is 42.0 Å². The first-order chi connectivity index (χ1) is 18.6. The highest BCUT2D eigenvalue weighted by molar-refractivity contribution is 5.94. The second kappa shape index (κ2) is 14.1. The minimum atomic E-state index is -0.906. The molecule has 39 heavy (non-hydrogen) atoms. The Kier molecular flexibility index (Phi) is 10.9. The maximum atomic E-state index is 13.4. The van der Waals surface area contributed by atoms with E-state index in [9.17, 15) is 19.2 Å². The highest BCUT2D eigenvalue weighted by atomic mass is 16.5. The van der Waals surface area contributed by atoms with Gasteiger partial charge in [0.05, 0.1) is 6.42 Å². The van der Waals surface area contributed by atoms with Crippen LogP contribution in [0.1, 0.15) is 72.3 Å². The zero-order valence-corrected chi connectivity index (χ0v) is 23.8. The van der Waals surface area contributed by atoms with Gasteiger partial charge < -0.3 is 20.7 Å². The maximum absolute atomic E-state index is 13.4. The van der Waals surface area contributed by atoms with Crippen LogP contribution in [-0.2, 0) is 30.3 Å². The third-order valence-electron chi connectivity index (χ3n) is 7.27. The first-order valence-corrected chi connectivity index (χ1v) is 14.2. The van der Waals surface area contributed by atoms with Gasteiger partial charge >= 0.3 is 5.97 Å². The van der Waals surface area contributed by atoms with Crippen LogP contribution < -0.4 is 16.0 Å². The lowest BCUT2D eigenvalue weighted by Gasteiger charge is -2.27. The lowest BCUT2D eigenvalue weighted by molar-refractivity contribution is -0.157. The molecule has 8 nitrogen and oxygen atoms in total. The summed E-state index contributed by atoms with van der Waals surface area (Å²) in [7, 11) is 0. The van der Waals surface area contributed by atoms with Crippen LogP contribution >= 0.6 is 0 Å². The Labute approximate surface area is 231 Å². The first kappa shape index (κ1) is 30.1. The standard InChI is InChI=1S/C31H43N3O5/c1-6-7-10-20(4)27-18-28(35)33-25(17-22-13-14-23-11-8-9-12-24(23)16-22)30(37)32-21(5)29(36)34-26(15-19(2)3)31(38)39-27/h8-9,11-14,16,19-21,25-27H,6-7,10,15,17-18H2,1-5H3,(H,32,37)(H,33,35)(H,34,36)/t20-,21-,25+,26+,27+/m0/s1. The number of unbranched alkanes of at least 4 members (excludes halogenated alkanes) is 1. The van der Waals surface area contributed by atoms with Crippen molar-refractivity contribution < 1.29 is 23.9 Å². The van der Waals surface area contributed by atoms with Crippen LogP contribution in [0.2, 0.25) is 0 Å². The fourth-order valence-electron chi connectivity index (χ4n) is 4.91. The Morgan fingerprint density at radius 1 is 0.897 bits per heavy atom. The predicted molar refractivity (Wildman–Crippen MR) is 152 cm³/mol. The van der Waals surface area contributed by atoms with Gasteiger partial charge in [-0.05, 0) is 47.9 Å². The van der Waals surface area contributed by atoms with E-state index in [0.717, 1.165) is 35.6 Å². The summed E-state index contributed by atoms with van der Waals surface area (Å²) in [5.74, 6) is -1.80. The van der Waals surface area contributed by atoms with E-state index in [1.165, 1.54) is 0 Å². The van der Waals surface area contributed by atoms with Crippen molar-refractivity contribution in [3.63, 3.8) is 0 Å². The molecule has 1 saturated heterocycles. The number of ether oxygens (including phenoxy) is 1. The van der Waals surface area contributed by atoms with Crippen molar-refractivity contribution in [3.05, 3.63) is 48.0 Å². The van der Waals surface area contributed by atoms with Crippen LogP contribution in [0.25, 0.3) is 10.8 Å². The van der Waals surface area contributed by atoms with Crippen LogP contribution in [0.3, 0.4) is 0 Å². The summed E-state index contributed by atoms with van der Waals surface area (Å²) in [6.07, 6.45) is 2.62. The third kappa shape index (κ3) is 8.80. The molecule has 1 aliphatic rings. The fraction of sp³-hybridized carbons (Fsp3) is 0.548. The van der Waals surface area contributed by atoms with Crippen LogP contribution in [0, 0.1) is 11.8 Å². The van der Waals surface area contributed by atoms with Crippen molar-refractivity contribution >= 4 is 34.5 Å². The van der Waals surface area contributed by atoms with E-state index in [1.54, 1.807) is 6.92 Å². The molecule has 2 aromatic carbocycles. The summed E-state index contributed by atoms with van der Waals surface area (Å²) in [5, 5.41) is 10.5. The number of carbonyl (C=O) groups is 4. The van der Waals surface area contributed by atoms with Crippen molar-refractivity contribution in [3.8, 4) is 0 Å². The highest BCUT2D eigenvalue weighted by Gasteiger charge is 2.33. The van der Waals surface area contributed by atoms with Crippen LogP contribution in [0.4, 0.5) is 0 Å². The van der Waals surface area contributed by atoms with Gasteiger partial charge in [0.25, 0.3) is 0 Å². The molecule has 3 rings (SSSR count). The molecule has 0 radical (unpaired) electrons. The summed E-state index contributed by atoms with van der Waals surface area (Å²) in [6, 6.07) is 11.2. The van der Waals surface area contributed by atoms with Gasteiger partial charge in [-0.15, -0.1) is 0 Å². The van der Waals surface area contributed by atoms with Gasteiger partial charge in [-0.25, -0.2) is 4.79 Å². The molecule has 8 heteroatoms. The number of hydrogen-bond donors (Lipinski definition) is 3. The normalized spacial score (nSPS) is 24.1. The van der Waals surface area contributed by atoms with Crippen molar-refractivity contribution in [2.24, 2.45) is 11.8 Å². The summed E-state index contributed by atoms with van der Waals surface area (Å²) in [5.41, 5.74) is 0.881. The van der Waals surface area contributed by atoms with E-state index in [0.29, 0.717) is 6.42 Å². The second-order valence-electron chi connectivity index (χ2n) is 11.2. The highest BCUT2D eigenvalue weighted by Crippen LogP contribution is 2.21. The smallest absolute Gasteiger partial charge is 0.328 e. The van der Waals surface area contributed by atoms with E-state index in [2.05, 4.69) is 22.9 Å². The molecule has 1 fully saturated rings. The molecule has 2 aromatic rings. The molecule has 0 aromatic heterocycles. The van der Waals surface area contributed by atoms with Crippen molar-refractivity contribution in [1.29, 1.82) is 0 Å². The van der Waals surface area contributed by atoms with E-state index in [1.807, 2.05) is 63.2 Å². The van der Waals surface area contributed by atoms with Gasteiger partial charge in [0.2, 0.25) is 17.7 Å². The Bertz CT molecular complexity index is 1160. The van der Waals surface area contributed by atoms with E-state index >= 15 is 0 Å². The number of nitrogens with one attached hydrogen (secondary N) is 3. The molecule has 1 heterocycles. The monoisotopic (exact) mass is 537 g/mol. The van der Waals surface area contributed by atoms with Gasteiger partial charge in [0, 0.05) is 6.42 Å². The number of carbonyl (C=O) groups excluding carboxylic acids is 4. The summed E-state index contributed by atoms with van der Waals surface area (Å²) in [4.78, 5) is 52.9. The summed E-state index contributed by atoms with van der Waals surface area (Å²) in [6.45, 7) is 9.53. The van der Waals surface area contributed by atoms with Gasteiger partial charge in [-0.3, -0.25) is 14.4 Å². The summed E-state index contributed by atoms with van der Waals surface area (Å²) < 4.78 is 5.90. The zero-order chi connectivity index (χ0) is 28.5. The maximum Gasteiger partial charge on any atom is 0.328 e. The quantitative estimate of drug-likeness (QED) is 0.440. The Balaban J connectivity index is 1.90. The Morgan fingerprint density at radius 2 is 1.62 bits per heavy atom. The number of cyclic esters (lactones) is 1. The van der Waals surface area contributed by atoms with Crippen LogP contribution in [0.5, 0.6) is 0 Å². The molecule has 3 N–H and O–H groups in total. The van der Waals surface area contributed by atoms with Gasteiger partial charge in [-0.2, -0.15) is 0 Å². The molecule has 0 bridgehead atoms. The number of esters is 1. The van der Waals surface area contributed by atoms with Crippen LogP contribution in [-0.4, -0.2) is 47.9 Å². The second-order valence-corrected chi connectivity index (χ2v) is 11.2. The molecule has 0 saturated carbocycles. The number of amides is 3. The number of hydrogen-bond acceptors (Lipinski definition) is 5. The van der Waals surface area contributed by atoms with Gasteiger partial charge in [0.15, 0.2) is 0 Å². The topological polar surface area (TPSA) is 114 Å². The molecular weight excluding hydrogens is 494 g/mol.